The molecule has 2 unspecified atom stereocenters. The fourth-order valence-electron chi connectivity index (χ4n) is 1.35. The first-order chi connectivity index (χ1) is 7.67. The van der Waals surface area contributed by atoms with Crippen LogP contribution in [0.2, 0.25) is 0 Å². The van der Waals surface area contributed by atoms with Crippen molar-refractivity contribution in [1.29, 1.82) is 0 Å². The number of alkyl halides is 1. The Morgan fingerprint density at radius 3 is 1.78 bits per heavy atom. The molecule has 0 aliphatic heterocycles. The molecule has 6 heteroatoms. The average Bonchev–Trinajstić information content (AvgIpc) is 2.63. The minimum Gasteiger partial charge on any atom is -0.668 e. The van der Waals surface area contributed by atoms with Gasteiger partial charge in [-0.15, -0.1) is 7.05 Å². The molecular formula is C12H28FN3OTi. The molecule has 1 saturated carbocycles. The van der Waals surface area contributed by atoms with Gasteiger partial charge >= 0.3 is 21.7 Å². The molecular weight excluding hydrogens is 269 g/mol. The van der Waals surface area contributed by atoms with Gasteiger partial charge in [0, 0.05) is 12.5 Å². The van der Waals surface area contributed by atoms with Crippen molar-refractivity contribution in [3.63, 3.8) is 0 Å². The minimum atomic E-state index is -0.651. The molecule has 0 aromatic heterocycles. The van der Waals surface area contributed by atoms with E-state index in [1.807, 2.05) is 0 Å². The van der Waals surface area contributed by atoms with Crippen LogP contribution in [0.3, 0.4) is 0 Å². The summed E-state index contributed by atoms with van der Waals surface area (Å²) in [7, 11) is 8.57. The van der Waals surface area contributed by atoms with E-state index in [4.69, 9.17) is 4.84 Å². The van der Waals surface area contributed by atoms with Gasteiger partial charge < -0.3 is 28.4 Å². The van der Waals surface area contributed by atoms with E-state index in [1.165, 1.54) is 0 Å². The second kappa shape index (κ2) is 22.6. The summed E-state index contributed by atoms with van der Waals surface area (Å²) in [6, 6.07) is 0. The number of rotatable bonds is 3. The summed E-state index contributed by atoms with van der Waals surface area (Å²) < 4.78 is 12.8. The summed E-state index contributed by atoms with van der Waals surface area (Å²) in [4.78, 5) is 4.77. The van der Waals surface area contributed by atoms with Crippen LogP contribution in [0.25, 0.3) is 16.1 Å². The largest absolute Gasteiger partial charge is 4.00 e. The van der Waals surface area contributed by atoms with Crippen molar-refractivity contribution in [3.05, 3.63) is 23.5 Å². The quantitative estimate of drug-likeness (QED) is 0.444. The average molecular weight is 297 g/mol. The van der Waals surface area contributed by atoms with Gasteiger partial charge in [-0.1, -0.05) is 6.42 Å². The van der Waals surface area contributed by atoms with Gasteiger partial charge in [0.2, 0.25) is 0 Å². The van der Waals surface area contributed by atoms with Gasteiger partial charge in [0.25, 0.3) is 0 Å². The molecule has 0 N–H and O–H groups in total. The van der Waals surface area contributed by atoms with Crippen LogP contribution in [-0.2, 0) is 26.6 Å². The Hall–Kier alpha value is 0.484. The van der Waals surface area contributed by atoms with Crippen molar-refractivity contribution in [2.24, 2.45) is 5.92 Å². The number of halogens is 1. The zero-order valence-corrected chi connectivity index (χ0v) is 14.2. The van der Waals surface area contributed by atoms with Gasteiger partial charge in [-0.05, 0) is 12.8 Å². The molecule has 0 spiro atoms. The van der Waals surface area contributed by atoms with Crippen LogP contribution >= 0.6 is 0 Å². The van der Waals surface area contributed by atoms with Crippen LogP contribution in [0.15, 0.2) is 0 Å². The molecule has 0 aromatic carbocycles. The van der Waals surface area contributed by atoms with E-state index in [-0.39, 0.29) is 35.1 Å². The first-order valence-electron chi connectivity index (χ1n) is 5.48. The van der Waals surface area contributed by atoms with E-state index in [0.717, 1.165) is 12.8 Å². The van der Waals surface area contributed by atoms with Crippen LogP contribution in [0.1, 0.15) is 19.3 Å². The molecule has 1 fully saturated rings. The fourth-order valence-corrected chi connectivity index (χ4v) is 1.35. The normalized spacial score (nSPS) is 20.3. The smallest absolute Gasteiger partial charge is 0.668 e. The Kier molecular flexibility index (Phi) is 33.9. The van der Waals surface area contributed by atoms with E-state index in [2.05, 4.69) is 16.1 Å². The predicted octanol–water partition coefficient (Wildman–Crippen LogP) is 3.75. The second-order valence-electron chi connectivity index (χ2n) is 3.58. The topological polar surface area (TPSA) is 51.5 Å². The Balaban J connectivity index is -0.000000106. The van der Waals surface area contributed by atoms with Gasteiger partial charge in [0.15, 0.2) is 0 Å². The van der Waals surface area contributed by atoms with Crippen molar-refractivity contribution < 1.29 is 30.9 Å². The first-order valence-corrected chi connectivity index (χ1v) is 5.48. The van der Waals surface area contributed by atoms with Crippen molar-refractivity contribution in [2.75, 3.05) is 41.8 Å². The molecule has 108 valence electrons. The molecule has 1 aliphatic rings. The van der Waals surface area contributed by atoms with Crippen LogP contribution in [-0.4, -0.2) is 48.0 Å². The third kappa shape index (κ3) is 18.8. The number of nitrogens with zero attached hydrogens (tertiary/aromatic N) is 3. The molecule has 0 amide bonds. The molecule has 0 heterocycles. The van der Waals surface area contributed by atoms with Gasteiger partial charge in [-0.2, -0.15) is 28.2 Å². The molecule has 4 nitrogen and oxygen atoms in total. The standard InChI is InChI=1S/C7H13FNO.2C2H6N.CH3.Ti/c1-9-10-5-6-3-2-4-7(6)8;2*1-3-2;;/h6-7H,2-5H2,1H3;2*1-2H3;1H3;/q4*-1;+4. The van der Waals surface area contributed by atoms with Crippen molar-refractivity contribution in [3.8, 4) is 0 Å². The van der Waals surface area contributed by atoms with Crippen LogP contribution in [0.5, 0.6) is 0 Å². The van der Waals surface area contributed by atoms with E-state index >= 15 is 0 Å². The summed E-state index contributed by atoms with van der Waals surface area (Å²) in [5, 5.41) is 7.00. The van der Waals surface area contributed by atoms with Crippen LogP contribution in [0.4, 0.5) is 4.39 Å². The van der Waals surface area contributed by atoms with Gasteiger partial charge in [0.1, 0.15) is 6.17 Å². The Bertz CT molecular complexity index is 132. The molecule has 0 bridgehead atoms. The summed E-state index contributed by atoms with van der Waals surface area (Å²) in [6.45, 7) is 0.456. The van der Waals surface area contributed by atoms with Gasteiger partial charge in [-0.25, -0.2) is 4.39 Å². The Morgan fingerprint density at radius 1 is 1.06 bits per heavy atom. The minimum absolute atomic E-state index is 0. The maximum Gasteiger partial charge on any atom is 4.00 e. The summed E-state index contributed by atoms with van der Waals surface area (Å²) in [6.07, 6.45) is 2.01. The summed E-state index contributed by atoms with van der Waals surface area (Å²) in [5.41, 5.74) is 3.47. The van der Waals surface area contributed by atoms with E-state index < -0.39 is 6.17 Å². The zero-order valence-electron chi connectivity index (χ0n) is 12.6. The van der Waals surface area contributed by atoms with Crippen LogP contribution in [0, 0.1) is 13.3 Å². The molecule has 1 rings (SSSR count). The molecule has 1 aliphatic carbocycles. The predicted molar refractivity (Wildman–Crippen MR) is 74.3 cm³/mol. The van der Waals surface area contributed by atoms with E-state index in [1.54, 1.807) is 35.2 Å². The third-order valence-electron chi connectivity index (χ3n) is 1.98. The summed E-state index contributed by atoms with van der Waals surface area (Å²) >= 11 is 0. The number of hydrogen-bond donors (Lipinski definition) is 0. The Labute approximate surface area is 128 Å². The maximum absolute atomic E-state index is 12.8. The van der Waals surface area contributed by atoms with Crippen molar-refractivity contribution in [2.45, 2.75) is 25.4 Å². The van der Waals surface area contributed by atoms with E-state index in [9.17, 15) is 4.39 Å². The van der Waals surface area contributed by atoms with Crippen LogP contribution < -0.4 is 0 Å². The number of hydroxylamine groups is 1. The van der Waals surface area contributed by atoms with Crippen molar-refractivity contribution in [1.82, 2.24) is 0 Å². The third-order valence-corrected chi connectivity index (χ3v) is 1.98. The monoisotopic (exact) mass is 297 g/mol. The fraction of sp³-hybridized carbons (Fsp3) is 0.917. The second-order valence-corrected chi connectivity index (χ2v) is 3.58. The molecule has 0 saturated heterocycles. The Morgan fingerprint density at radius 2 is 1.50 bits per heavy atom. The first kappa shape index (κ1) is 26.9. The molecule has 0 radical (unpaired) electrons. The molecule has 0 aromatic rings. The summed E-state index contributed by atoms with van der Waals surface area (Å²) in [5.74, 6) is 0.101. The molecule has 2 atom stereocenters. The SMILES string of the molecule is C[N-]C.C[N-]C.C[N-]OCC1CCCC1F.[CH3-].[Ti+4]. The number of hydrogen-bond acceptors (Lipinski definition) is 1. The van der Waals surface area contributed by atoms with Crippen molar-refractivity contribution >= 4 is 0 Å². The maximum atomic E-state index is 12.8. The van der Waals surface area contributed by atoms with Gasteiger partial charge in [-0.3, -0.25) is 0 Å². The van der Waals surface area contributed by atoms with Gasteiger partial charge in [0.05, 0.1) is 0 Å². The van der Waals surface area contributed by atoms with E-state index in [0.29, 0.717) is 13.0 Å². The zero-order chi connectivity index (χ0) is 12.8. The molecule has 18 heavy (non-hydrogen) atoms.